The van der Waals surface area contributed by atoms with Crippen LogP contribution >= 0.6 is 0 Å². The molecule has 0 spiro atoms. The van der Waals surface area contributed by atoms with E-state index < -0.39 is 15.6 Å². The number of rotatable bonds is 2. The van der Waals surface area contributed by atoms with E-state index >= 15 is 0 Å². The number of morpholine rings is 1. The fourth-order valence-corrected chi connectivity index (χ4v) is 4.06. The van der Waals surface area contributed by atoms with Crippen molar-refractivity contribution in [3.63, 3.8) is 0 Å². The van der Waals surface area contributed by atoms with E-state index in [9.17, 15) is 8.42 Å². The molecule has 0 amide bonds. The zero-order valence-electron chi connectivity index (χ0n) is 11.5. The predicted octanol–water partition coefficient (Wildman–Crippen LogP) is 1.38. The summed E-state index contributed by atoms with van der Waals surface area (Å²) in [6, 6.07) is 4.87. The lowest BCUT2D eigenvalue weighted by molar-refractivity contribution is -0.0640. The van der Waals surface area contributed by atoms with Gasteiger partial charge in [0.15, 0.2) is 0 Å². The van der Waals surface area contributed by atoms with Crippen molar-refractivity contribution in [1.29, 1.82) is 0 Å². The van der Waals surface area contributed by atoms with Crippen LogP contribution in [-0.4, -0.2) is 38.0 Å². The maximum absolute atomic E-state index is 12.6. The van der Waals surface area contributed by atoms with Gasteiger partial charge in [-0.1, -0.05) is 0 Å². The van der Waals surface area contributed by atoms with Crippen LogP contribution in [0.3, 0.4) is 0 Å². The molecule has 0 saturated carbocycles. The van der Waals surface area contributed by atoms with Gasteiger partial charge in [-0.15, -0.1) is 0 Å². The van der Waals surface area contributed by atoms with Gasteiger partial charge in [0, 0.05) is 18.8 Å². The summed E-state index contributed by atoms with van der Waals surface area (Å²) in [6.45, 7) is 6.71. The highest BCUT2D eigenvalue weighted by Crippen LogP contribution is 2.26. The van der Waals surface area contributed by atoms with Crippen molar-refractivity contribution >= 4 is 15.7 Å². The van der Waals surface area contributed by atoms with Crippen LogP contribution < -0.4 is 5.73 Å². The summed E-state index contributed by atoms with van der Waals surface area (Å²) in [5, 5.41) is 0. The second kappa shape index (κ2) is 4.77. The first-order valence-corrected chi connectivity index (χ1v) is 7.67. The number of nitrogens with zero attached hydrogens (tertiary/aromatic N) is 1. The summed E-state index contributed by atoms with van der Waals surface area (Å²) < 4.78 is 32.3. The van der Waals surface area contributed by atoms with Crippen molar-refractivity contribution in [2.24, 2.45) is 0 Å². The molecule has 2 rings (SSSR count). The summed E-state index contributed by atoms with van der Waals surface area (Å²) in [7, 11) is -3.48. The van der Waals surface area contributed by atoms with E-state index in [4.69, 9.17) is 10.5 Å². The minimum atomic E-state index is -3.48. The minimum absolute atomic E-state index is 0.319. The van der Waals surface area contributed by atoms with E-state index in [1.54, 1.807) is 25.1 Å². The van der Waals surface area contributed by atoms with Crippen LogP contribution in [0.25, 0.3) is 0 Å². The van der Waals surface area contributed by atoms with Crippen molar-refractivity contribution < 1.29 is 13.2 Å². The van der Waals surface area contributed by atoms with Crippen LogP contribution in [0.4, 0.5) is 5.69 Å². The smallest absolute Gasteiger partial charge is 0.243 e. The normalized spacial score (nSPS) is 20.4. The highest BCUT2D eigenvalue weighted by Gasteiger charge is 2.35. The summed E-state index contributed by atoms with van der Waals surface area (Å²) in [5.41, 5.74) is 6.45. The molecule has 1 aliphatic heterocycles. The number of nitrogens with two attached hydrogens (primary N) is 1. The number of aryl methyl sites for hydroxylation is 1. The molecular weight excluding hydrogens is 264 g/mol. The third-order valence-electron chi connectivity index (χ3n) is 3.21. The quantitative estimate of drug-likeness (QED) is 0.833. The van der Waals surface area contributed by atoms with E-state index in [1.165, 1.54) is 4.31 Å². The highest BCUT2D eigenvalue weighted by atomic mass is 32.2. The Morgan fingerprint density at radius 1 is 1.37 bits per heavy atom. The van der Waals surface area contributed by atoms with Crippen LogP contribution in [0.5, 0.6) is 0 Å². The van der Waals surface area contributed by atoms with Crippen molar-refractivity contribution in [3.05, 3.63) is 23.8 Å². The average molecular weight is 284 g/mol. The molecule has 1 aromatic carbocycles. The van der Waals surface area contributed by atoms with Crippen molar-refractivity contribution in [1.82, 2.24) is 4.31 Å². The van der Waals surface area contributed by atoms with Gasteiger partial charge in [-0.05, 0) is 44.5 Å². The van der Waals surface area contributed by atoms with Gasteiger partial charge in [-0.25, -0.2) is 8.42 Å². The summed E-state index contributed by atoms with van der Waals surface area (Å²) >= 11 is 0. The maximum Gasteiger partial charge on any atom is 0.243 e. The molecule has 1 heterocycles. The standard InChI is InChI=1S/C13H20N2O3S/c1-10-8-11(14)4-5-12(10)19(16,17)15-6-7-18-13(2,3)9-15/h4-5,8H,6-7,9,14H2,1-3H3. The molecule has 1 aromatic rings. The van der Waals surface area contributed by atoms with Crippen molar-refractivity contribution in [2.75, 3.05) is 25.4 Å². The lowest BCUT2D eigenvalue weighted by Gasteiger charge is -2.37. The van der Waals surface area contributed by atoms with Gasteiger partial charge in [0.05, 0.1) is 17.1 Å². The van der Waals surface area contributed by atoms with Gasteiger partial charge >= 0.3 is 0 Å². The zero-order valence-corrected chi connectivity index (χ0v) is 12.3. The molecule has 6 heteroatoms. The fraction of sp³-hybridized carbons (Fsp3) is 0.538. The van der Waals surface area contributed by atoms with Gasteiger partial charge in [0.1, 0.15) is 0 Å². The molecule has 106 valence electrons. The van der Waals surface area contributed by atoms with Gasteiger partial charge in [0.25, 0.3) is 0 Å². The Morgan fingerprint density at radius 3 is 2.63 bits per heavy atom. The number of nitrogen functional groups attached to an aromatic ring is 1. The Balaban J connectivity index is 2.37. The molecule has 1 fully saturated rings. The zero-order chi connectivity index (χ0) is 14.3. The molecule has 1 aliphatic rings. The van der Waals surface area contributed by atoms with Crippen LogP contribution in [0.1, 0.15) is 19.4 Å². The molecule has 0 radical (unpaired) electrons. The third-order valence-corrected chi connectivity index (χ3v) is 5.21. The van der Waals surface area contributed by atoms with Crippen LogP contribution in [0.2, 0.25) is 0 Å². The first-order chi connectivity index (χ1) is 8.72. The van der Waals surface area contributed by atoms with E-state index in [1.807, 2.05) is 13.8 Å². The van der Waals surface area contributed by atoms with E-state index in [0.717, 1.165) is 0 Å². The Hall–Kier alpha value is -1.11. The van der Waals surface area contributed by atoms with Gasteiger partial charge < -0.3 is 10.5 Å². The van der Waals surface area contributed by atoms with Gasteiger partial charge in [0.2, 0.25) is 10.0 Å². The van der Waals surface area contributed by atoms with Crippen LogP contribution in [0, 0.1) is 6.92 Å². The Morgan fingerprint density at radius 2 is 2.05 bits per heavy atom. The summed E-state index contributed by atoms with van der Waals surface area (Å²) in [5.74, 6) is 0. The van der Waals surface area contributed by atoms with Crippen molar-refractivity contribution in [3.8, 4) is 0 Å². The number of ether oxygens (including phenoxy) is 1. The maximum atomic E-state index is 12.6. The fourth-order valence-electron chi connectivity index (χ4n) is 2.28. The Kier molecular flexibility index (Phi) is 3.59. The molecule has 2 N–H and O–H groups in total. The SMILES string of the molecule is Cc1cc(N)ccc1S(=O)(=O)N1CCOC(C)(C)C1. The number of sulfonamides is 1. The largest absolute Gasteiger partial charge is 0.399 e. The second-order valence-electron chi connectivity index (χ2n) is 5.47. The molecule has 0 aromatic heterocycles. The van der Waals surface area contributed by atoms with Gasteiger partial charge in [-0.2, -0.15) is 4.31 Å². The molecule has 0 bridgehead atoms. The second-order valence-corrected chi connectivity index (χ2v) is 7.38. The molecule has 0 aliphatic carbocycles. The predicted molar refractivity (Wildman–Crippen MR) is 74.4 cm³/mol. The van der Waals surface area contributed by atoms with Crippen molar-refractivity contribution in [2.45, 2.75) is 31.3 Å². The minimum Gasteiger partial charge on any atom is -0.399 e. The molecule has 19 heavy (non-hydrogen) atoms. The third kappa shape index (κ3) is 2.91. The molecular formula is C13H20N2O3S. The van der Waals surface area contributed by atoms with E-state index in [0.29, 0.717) is 35.8 Å². The number of benzene rings is 1. The Labute approximate surface area is 114 Å². The summed E-state index contributed by atoms with van der Waals surface area (Å²) in [4.78, 5) is 0.319. The molecule has 0 atom stereocenters. The first kappa shape index (κ1) is 14.3. The molecule has 5 nitrogen and oxygen atoms in total. The van der Waals surface area contributed by atoms with E-state index in [2.05, 4.69) is 0 Å². The lowest BCUT2D eigenvalue weighted by Crippen LogP contribution is -2.50. The lowest BCUT2D eigenvalue weighted by atomic mass is 10.1. The monoisotopic (exact) mass is 284 g/mol. The average Bonchev–Trinajstić information content (AvgIpc) is 2.27. The molecule has 0 unspecified atom stereocenters. The number of anilines is 1. The van der Waals surface area contributed by atoms with Gasteiger partial charge in [-0.3, -0.25) is 0 Å². The Bertz CT molecular complexity index is 582. The molecule has 1 saturated heterocycles. The number of hydrogen-bond donors (Lipinski definition) is 1. The highest BCUT2D eigenvalue weighted by molar-refractivity contribution is 7.89. The van der Waals surface area contributed by atoms with Crippen LogP contribution in [-0.2, 0) is 14.8 Å². The number of hydrogen-bond acceptors (Lipinski definition) is 4. The van der Waals surface area contributed by atoms with Crippen LogP contribution in [0.15, 0.2) is 23.1 Å². The first-order valence-electron chi connectivity index (χ1n) is 6.23. The summed E-state index contributed by atoms with van der Waals surface area (Å²) in [6.07, 6.45) is 0. The van der Waals surface area contributed by atoms with E-state index in [-0.39, 0.29) is 0 Å². The topological polar surface area (TPSA) is 72.6 Å².